The molecule has 1 N–H and O–H groups in total. The van der Waals surface area contributed by atoms with Crippen LogP contribution in [0.5, 0.6) is 0 Å². The fraction of sp³-hybridized carbons (Fsp3) is 0.455. The number of aliphatic hydroxyl groups excluding tert-OH is 1. The summed E-state index contributed by atoms with van der Waals surface area (Å²) in [7, 11) is 0. The molecular formula is C11H12ClNO3. The molecule has 16 heavy (non-hydrogen) atoms. The quantitative estimate of drug-likeness (QED) is 0.651. The van der Waals surface area contributed by atoms with Crippen molar-refractivity contribution in [1.82, 2.24) is 0 Å². The van der Waals surface area contributed by atoms with Gasteiger partial charge in [-0.2, -0.15) is 0 Å². The smallest absolute Gasteiger partial charge is 0.269 e. The van der Waals surface area contributed by atoms with Gasteiger partial charge in [0, 0.05) is 23.8 Å². The van der Waals surface area contributed by atoms with Crippen molar-refractivity contribution in [3.63, 3.8) is 0 Å². The Balaban J connectivity index is 2.25. The highest BCUT2D eigenvalue weighted by atomic mass is 35.5. The summed E-state index contributed by atoms with van der Waals surface area (Å²) in [4.78, 5) is 10.2. The van der Waals surface area contributed by atoms with E-state index in [1.807, 2.05) is 0 Å². The molecule has 4 nitrogen and oxygen atoms in total. The first kappa shape index (κ1) is 11.4. The lowest BCUT2D eigenvalue weighted by atomic mass is 9.97. The van der Waals surface area contributed by atoms with Gasteiger partial charge in [0.2, 0.25) is 0 Å². The van der Waals surface area contributed by atoms with Crippen molar-refractivity contribution in [2.75, 3.05) is 6.61 Å². The Kier molecular flexibility index (Phi) is 2.86. The highest BCUT2D eigenvalue weighted by Crippen LogP contribution is 2.48. The van der Waals surface area contributed by atoms with Crippen LogP contribution in [0.4, 0.5) is 5.69 Å². The minimum atomic E-state index is -0.432. The van der Waals surface area contributed by atoms with Crippen molar-refractivity contribution in [3.8, 4) is 0 Å². The molecule has 2 rings (SSSR count). The minimum absolute atomic E-state index is 0.0492. The van der Waals surface area contributed by atoms with Crippen molar-refractivity contribution in [3.05, 3.63) is 38.9 Å². The van der Waals surface area contributed by atoms with Crippen molar-refractivity contribution in [2.45, 2.75) is 19.3 Å². The molecular weight excluding hydrogens is 230 g/mol. The first-order valence-electron chi connectivity index (χ1n) is 5.10. The predicted octanol–water partition coefficient (Wildman–Crippen LogP) is 2.56. The highest BCUT2D eigenvalue weighted by Gasteiger charge is 2.42. The molecule has 0 spiro atoms. The summed E-state index contributed by atoms with van der Waals surface area (Å²) in [6.07, 6.45) is 2.54. The number of nitrogens with zero attached hydrogens (tertiary/aromatic N) is 1. The number of benzene rings is 1. The molecule has 0 amide bonds. The fourth-order valence-corrected chi connectivity index (χ4v) is 1.97. The van der Waals surface area contributed by atoms with Gasteiger partial charge in [0.1, 0.15) is 0 Å². The number of non-ortho nitro benzene ring substituents is 1. The average Bonchev–Trinajstić information content (AvgIpc) is 3.02. The van der Waals surface area contributed by atoms with E-state index in [-0.39, 0.29) is 17.7 Å². The summed E-state index contributed by atoms with van der Waals surface area (Å²) in [6, 6.07) is 4.44. The average molecular weight is 242 g/mol. The summed E-state index contributed by atoms with van der Waals surface area (Å²) in [5.41, 5.74) is 0.717. The van der Waals surface area contributed by atoms with E-state index in [9.17, 15) is 15.2 Å². The van der Waals surface area contributed by atoms with Crippen molar-refractivity contribution < 1.29 is 10.0 Å². The molecule has 1 fully saturated rings. The van der Waals surface area contributed by atoms with Gasteiger partial charge in [0.05, 0.1) is 4.92 Å². The third kappa shape index (κ3) is 2.18. The summed E-state index contributed by atoms with van der Waals surface area (Å²) < 4.78 is 0. The molecule has 1 aliphatic rings. The zero-order valence-electron chi connectivity index (χ0n) is 8.65. The SMILES string of the molecule is O=[N+]([O-])c1ccc(Cl)c(CC2(CO)CC2)c1. The van der Waals surface area contributed by atoms with Crippen LogP contribution in [0.15, 0.2) is 18.2 Å². The van der Waals surface area contributed by atoms with Gasteiger partial charge < -0.3 is 5.11 Å². The van der Waals surface area contributed by atoms with Gasteiger partial charge in [-0.15, -0.1) is 0 Å². The zero-order valence-corrected chi connectivity index (χ0v) is 9.41. The van der Waals surface area contributed by atoms with Crippen molar-refractivity contribution in [1.29, 1.82) is 0 Å². The van der Waals surface area contributed by atoms with E-state index < -0.39 is 4.92 Å². The van der Waals surface area contributed by atoms with Crippen LogP contribution in [0.25, 0.3) is 0 Å². The molecule has 1 aromatic carbocycles. The molecule has 0 radical (unpaired) electrons. The molecule has 0 aromatic heterocycles. The third-order valence-electron chi connectivity index (χ3n) is 3.10. The number of aliphatic hydroxyl groups is 1. The van der Waals surface area contributed by atoms with Gasteiger partial charge >= 0.3 is 0 Å². The number of rotatable bonds is 4. The molecule has 0 aliphatic heterocycles. The second-order valence-electron chi connectivity index (χ2n) is 4.37. The van der Waals surface area contributed by atoms with Crippen LogP contribution in [0.2, 0.25) is 5.02 Å². The summed E-state index contributed by atoms with van der Waals surface area (Å²) in [5, 5.41) is 20.4. The molecule has 86 valence electrons. The molecule has 0 saturated heterocycles. The second-order valence-corrected chi connectivity index (χ2v) is 4.77. The van der Waals surface area contributed by atoms with Crippen LogP contribution in [0.1, 0.15) is 18.4 Å². The van der Waals surface area contributed by atoms with Gasteiger partial charge in [-0.3, -0.25) is 10.1 Å². The minimum Gasteiger partial charge on any atom is -0.396 e. The van der Waals surface area contributed by atoms with Gasteiger partial charge in [0.25, 0.3) is 5.69 Å². The monoisotopic (exact) mass is 241 g/mol. The maximum absolute atomic E-state index is 10.6. The molecule has 5 heteroatoms. The van der Waals surface area contributed by atoms with E-state index in [2.05, 4.69) is 0 Å². The lowest BCUT2D eigenvalue weighted by Crippen LogP contribution is -2.10. The standard InChI is InChI=1S/C11H12ClNO3/c12-10-2-1-9(13(15)16)5-8(10)6-11(7-14)3-4-11/h1-2,5,14H,3-4,6-7H2. The van der Waals surface area contributed by atoms with Crippen LogP contribution >= 0.6 is 11.6 Å². The predicted molar refractivity (Wildman–Crippen MR) is 60.6 cm³/mol. The first-order chi connectivity index (χ1) is 7.56. The van der Waals surface area contributed by atoms with E-state index >= 15 is 0 Å². The molecule has 1 aromatic rings. The number of nitro benzene ring substituents is 1. The maximum Gasteiger partial charge on any atom is 0.269 e. The molecule has 0 atom stereocenters. The summed E-state index contributed by atoms with van der Waals surface area (Å²) in [5.74, 6) is 0. The lowest BCUT2D eigenvalue weighted by Gasteiger charge is -2.12. The van der Waals surface area contributed by atoms with Gasteiger partial charge in [-0.1, -0.05) is 11.6 Å². The maximum atomic E-state index is 10.6. The molecule has 0 heterocycles. The van der Waals surface area contributed by atoms with Crippen LogP contribution in [0, 0.1) is 15.5 Å². The summed E-state index contributed by atoms with van der Waals surface area (Å²) in [6.45, 7) is 0.117. The Hall–Kier alpha value is -1.13. The second kappa shape index (κ2) is 4.03. The zero-order chi connectivity index (χ0) is 11.8. The van der Waals surface area contributed by atoms with E-state index in [0.717, 1.165) is 18.4 Å². The molecule has 1 saturated carbocycles. The molecule has 0 bridgehead atoms. The number of hydrogen-bond donors (Lipinski definition) is 1. The Morgan fingerprint density at radius 1 is 1.50 bits per heavy atom. The topological polar surface area (TPSA) is 63.4 Å². The molecule has 0 unspecified atom stereocenters. The van der Waals surface area contributed by atoms with Gasteiger partial charge in [-0.25, -0.2) is 0 Å². The van der Waals surface area contributed by atoms with E-state index in [0.29, 0.717) is 11.4 Å². The Labute approximate surface area is 98.0 Å². The molecule has 1 aliphatic carbocycles. The largest absolute Gasteiger partial charge is 0.396 e. The number of nitro groups is 1. The Morgan fingerprint density at radius 2 is 2.19 bits per heavy atom. The van der Waals surface area contributed by atoms with Crippen LogP contribution in [-0.2, 0) is 6.42 Å². The Bertz CT molecular complexity index is 429. The van der Waals surface area contributed by atoms with Gasteiger partial charge in [0.15, 0.2) is 0 Å². The number of hydrogen-bond acceptors (Lipinski definition) is 3. The van der Waals surface area contributed by atoms with Crippen LogP contribution < -0.4 is 0 Å². The van der Waals surface area contributed by atoms with E-state index in [1.165, 1.54) is 12.1 Å². The van der Waals surface area contributed by atoms with Crippen LogP contribution in [-0.4, -0.2) is 16.6 Å². The summed E-state index contributed by atoms with van der Waals surface area (Å²) >= 11 is 5.99. The van der Waals surface area contributed by atoms with E-state index in [4.69, 9.17) is 11.6 Å². The first-order valence-corrected chi connectivity index (χ1v) is 5.48. The normalized spacial score (nSPS) is 17.1. The van der Waals surface area contributed by atoms with Crippen LogP contribution in [0.3, 0.4) is 0 Å². The third-order valence-corrected chi connectivity index (χ3v) is 3.47. The number of halogens is 1. The highest BCUT2D eigenvalue weighted by molar-refractivity contribution is 6.31. The van der Waals surface area contributed by atoms with Crippen molar-refractivity contribution in [2.24, 2.45) is 5.41 Å². The Morgan fingerprint density at radius 3 is 2.69 bits per heavy atom. The fourth-order valence-electron chi connectivity index (χ4n) is 1.78. The van der Waals surface area contributed by atoms with E-state index in [1.54, 1.807) is 6.07 Å². The van der Waals surface area contributed by atoms with Crippen molar-refractivity contribution >= 4 is 17.3 Å². The lowest BCUT2D eigenvalue weighted by molar-refractivity contribution is -0.384. The van der Waals surface area contributed by atoms with Gasteiger partial charge in [-0.05, 0) is 36.3 Å².